The summed E-state index contributed by atoms with van der Waals surface area (Å²) in [6, 6.07) is 5.75. The quantitative estimate of drug-likeness (QED) is 0.828. The first-order valence-electron chi connectivity index (χ1n) is 7.43. The van der Waals surface area contributed by atoms with Gasteiger partial charge in [-0.05, 0) is 36.1 Å². The number of ether oxygens (including phenoxy) is 1. The summed E-state index contributed by atoms with van der Waals surface area (Å²) in [6.07, 6.45) is 0. The molecular weight excluding hydrogens is 329 g/mol. The third-order valence-corrected chi connectivity index (χ3v) is 5.02. The minimum Gasteiger partial charge on any atom is -0.465 e. The van der Waals surface area contributed by atoms with Crippen LogP contribution in [-0.4, -0.2) is 19.0 Å². The standard InChI is InChI=1S/C18H20FNO3S/c1-10-6-7-11(19)8-12(10)15(21)20-16-13(17(22)23-5)9-14(24-16)18(2,3)4/h6-9H,1-5H3,(H,20,21). The number of anilines is 1. The maximum absolute atomic E-state index is 13.4. The van der Waals surface area contributed by atoms with Crippen LogP contribution < -0.4 is 5.32 Å². The summed E-state index contributed by atoms with van der Waals surface area (Å²) < 4.78 is 18.2. The lowest BCUT2D eigenvalue weighted by molar-refractivity contribution is 0.0602. The van der Waals surface area contributed by atoms with E-state index in [0.717, 1.165) is 4.88 Å². The first-order chi connectivity index (χ1) is 11.1. The average Bonchev–Trinajstić information content (AvgIpc) is 2.92. The summed E-state index contributed by atoms with van der Waals surface area (Å²) in [5, 5.41) is 3.12. The predicted octanol–water partition coefficient (Wildman–Crippen LogP) is 4.53. The number of benzene rings is 1. The number of rotatable bonds is 3. The summed E-state index contributed by atoms with van der Waals surface area (Å²) >= 11 is 1.32. The lowest BCUT2D eigenvalue weighted by Crippen LogP contribution is -2.15. The molecule has 128 valence electrons. The molecule has 0 radical (unpaired) electrons. The summed E-state index contributed by atoms with van der Waals surface area (Å²) in [5.74, 6) is -1.46. The molecule has 0 saturated carbocycles. The van der Waals surface area contributed by atoms with Gasteiger partial charge in [-0.3, -0.25) is 4.79 Å². The number of hydrogen-bond donors (Lipinski definition) is 1. The number of hydrogen-bond acceptors (Lipinski definition) is 4. The zero-order chi connectivity index (χ0) is 18.1. The van der Waals surface area contributed by atoms with Crippen molar-refractivity contribution in [1.82, 2.24) is 0 Å². The zero-order valence-corrected chi connectivity index (χ0v) is 15.1. The summed E-state index contributed by atoms with van der Waals surface area (Å²) in [5.41, 5.74) is 1.01. The van der Waals surface area contributed by atoms with Crippen molar-refractivity contribution >= 4 is 28.2 Å². The van der Waals surface area contributed by atoms with E-state index in [-0.39, 0.29) is 11.0 Å². The van der Waals surface area contributed by atoms with Gasteiger partial charge in [0, 0.05) is 10.4 Å². The molecule has 0 fully saturated rings. The van der Waals surface area contributed by atoms with E-state index < -0.39 is 17.7 Å². The van der Waals surface area contributed by atoms with Gasteiger partial charge in [0.2, 0.25) is 0 Å². The molecule has 2 rings (SSSR count). The number of methoxy groups -OCH3 is 1. The molecule has 1 aromatic carbocycles. The molecule has 1 aromatic heterocycles. The van der Waals surface area contributed by atoms with Crippen LogP contribution in [-0.2, 0) is 10.2 Å². The number of aryl methyl sites for hydroxylation is 1. The normalized spacial score (nSPS) is 11.2. The highest BCUT2D eigenvalue weighted by Crippen LogP contribution is 2.36. The monoisotopic (exact) mass is 349 g/mol. The van der Waals surface area contributed by atoms with E-state index in [1.807, 2.05) is 20.8 Å². The Morgan fingerprint density at radius 2 is 1.83 bits per heavy atom. The third-order valence-electron chi connectivity index (χ3n) is 3.55. The Bertz CT molecular complexity index is 790. The minimum atomic E-state index is -0.520. The van der Waals surface area contributed by atoms with Crippen LogP contribution >= 0.6 is 11.3 Å². The van der Waals surface area contributed by atoms with Gasteiger partial charge in [-0.25, -0.2) is 9.18 Å². The molecule has 0 aliphatic rings. The second-order valence-corrected chi connectivity index (χ2v) is 7.56. The van der Waals surface area contributed by atoms with Crippen LogP contribution in [0.1, 0.15) is 51.9 Å². The molecule has 0 aliphatic carbocycles. The van der Waals surface area contributed by atoms with E-state index in [0.29, 0.717) is 16.1 Å². The topological polar surface area (TPSA) is 55.4 Å². The van der Waals surface area contributed by atoms with Crippen molar-refractivity contribution in [3.05, 3.63) is 51.7 Å². The van der Waals surface area contributed by atoms with Gasteiger partial charge in [-0.2, -0.15) is 0 Å². The van der Waals surface area contributed by atoms with E-state index in [1.54, 1.807) is 19.1 Å². The average molecular weight is 349 g/mol. The summed E-state index contributed by atoms with van der Waals surface area (Å²) in [6.45, 7) is 7.78. The van der Waals surface area contributed by atoms with Crippen molar-refractivity contribution in [2.75, 3.05) is 12.4 Å². The smallest absolute Gasteiger partial charge is 0.340 e. The minimum absolute atomic E-state index is 0.175. The van der Waals surface area contributed by atoms with Crippen molar-refractivity contribution in [2.24, 2.45) is 0 Å². The van der Waals surface area contributed by atoms with Gasteiger partial charge in [-0.1, -0.05) is 26.8 Å². The number of amides is 1. The van der Waals surface area contributed by atoms with Crippen LogP contribution in [0.15, 0.2) is 24.3 Å². The molecule has 2 aromatic rings. The van der Waals surface area contributed by atoms with Gasteiger partial charge in [-0.15, -0.1) is 11.3 Å². The SMILES string of the molecule is COC(=O)c1cc(C(C)(C)C)sc1NC(=O)c1cc(F)ccc1C. The molecule has 6 heteroatoms. The van der Waals surface area contributed by atoms with Crippen LogP contribution in [0.25, 0.3) is 0 Å². The molecule has 4 nitrogen and oxygen atoms in total. The van der Waals surface area contributed by atoms with Crippen molar-refractivity contribution in [1.29, 1.82) is 0 Å². The van der Waals surface area contributed by atoms with Gasteiger partial charge < -0.3 is 10.1 Å². The zero-order valence-electron chi connectivity index (χ0n) is 14.3. The fraction of sp³-hybridized carbons (Fsp3) is 0.333. The summed E-state index contributed by atoms with van der Waals surface area (Å²) in [7, 11) is 1.29. The molecule has 0 atom stereocenters. The second-order valence-electron chi connectivity index (χ2n) is 6.51. The summed E-state index contributed by atoms with van der Waals surface area (Å²) in [4.78, 5) is 25.4. The lowest BCUT2D eigenvalue weighted by atomic mass is 9.94. The van der Waals surface area contributed by atoms with Crippen LogP contribution in [0, 0.1) is 12.7 Å². The maximum Gasteiger partial charge on any atom is 0.340 e. The highest BCUT2D eigenvalue weighted by atomic mass is 32.1. The first-order valence-corrected chi connectivity index (χ1v) is 8.25. The molecule has 24 heavy (non-hydrogen) atoms. The molecule has 0 saturated heterocycles. The van der Waals surface area contributed by atoms with Crippen molar-refractivity contribution in [3.63, 3.8) is 0 Å². The molecular formula is C18H20FNO3S. The fourth-order valence-corrected chi connectivity index (χ4v) is 3.22. The van der Waals surface area contributed by atoms with Crippen molar-refractivity contribution in [2.45, 2.75) is 33.1 Å². The largest absolute Gasteiger partial charge is 0.465 e. The number of carbonyl (C=O) groups excluding carboxylic acids is 2. The number of nitrogens with one attached hydrogen (secondary N) is 1. The Morgan fingerprint density at radius 3 is 2.42 bits per heavy atom. The molecule has 0 unspecified atom stereocenters. The van der Waals surface area contributed by atoms with E-state index in [4.69, 9.17) is 4.74 Å². The van der Waals surface area contributed by atoms with Gasteiger partial charge in [0.15, 0.2) is 0 Å². The van der Waals surface area contributed by atoms with Gasteiger partial charge >= 0.3 is 5.97 Å². The van der Waals surface area contributed by atoms with E-state index in [9.17, 15) is 14.0 Å². The Balaban J connectivity index is 2.41. The highest BCUT2D eigenvalue weighted by Gasteiger charge is 2.25. The highest BCUT2D eigenvalue weighted by molar-refractivity contribution is 7.16. The predicted molar refractivity (Wildman–Crippen MR) is 93.4 cm³/mol. The Hall–Kier alpha value is -2.21. The Morgan fingerprint density at radius 1 is 1.17 bits per heavy atom. The lowest BCUT2D eigenvalue weighted by Gasteiger charge is -2.15. The Labute approximate surface area is 144 Å². The van der Waals surface area contributed by atoms with Gasteiger partial charge in [0.1, 0.15) is 10.8 Å². The van der Waals surface area contributed by atoms with Crippen molar-refractivity contribution in [3.8, 4) is 0 Å². The van der Waals surface area contributed by atoms with Crippen LogP contribution in [0.5, 0.6) is 0 Å². The molecule has 1 amide bonds. The van der Waals surface area contributed by atoms with E-state index >= 15 is 0 Å². The van der Waals surface area contributed by atoms with Crippen molar-refractivity contribution < 1.29 is 18.7 Å². The van der Waals surface area contributed by atoms with Gasteiger partial charge in [0.05, 0.1) is 12.7 Å². The van der Waals surface area contributed by atoms with Crippen LogP contribution in [0.2, 0.25) is 0 Å². The van der Waals surface area contributed by atoms with E-state index in [2.05, 4.69) is 5.32 Å². The molecule has 1 N–H and O–H groups in total. The number of thiophene rings is 1. The maximum atomic E-state index is 13.4. The fourth-order valence-electron chi connectivity index (χ4n) is 2.12. The molecule has 1 heterocycles. The van der Waals surface area contributed by atoms with Crippen LogP contribution in [0.3, 0.4) is 0 Å². The molecule has 0 bridgehead atoms. The van der Waals surface area contributed by atoms with Crippen LogP contribution in [0.4, 0.5) is 9.39 Å². The number of halogens is 1. The molecule has 0 aliphatic heterocycles. The number of esters is 1. The Kier molecular flexibility index (Phi) is 5.08. The third kappa shape index (κ3) is 3.82. The molecule has 0 spiro atoms. The first kappa shape index (κ1) is 18.1. The van der Waals surface area contributed by atoms with Gasteiger partial charge in [0.25, 0.3) is 5.91 Å². The second kappa shape index (κ2) is 6.73. The van der Waals surface area contributed by atoms with E-state index in [1.165, 1.54) is 30.6 Å². The number of carbonyl (C=O) groups is 2.